The number of hydrogen-bond donors (Lipinski definition) is 2. The lowest BCUT2D eigenvalue weighted by atomic mass is 10.1. The summed E-state index contributed by atoms with van der Waals surface area (Å²) in [7, 11) is 0. The molecule has 2 aromatic carbocycles. The van der Waals surface area contributed by atoms with E-state index in [9.17, 15) is 4.79 Å². The predicted molar refractivity (Wildman–Crippen MR) is 102 cm³/mol. The molecule has 0 aliphatic rings. The molecule has 1 heterocycles. The number of nitrogens with zero attached hydrogens (tertiary/aromatic N) is 1. The largest absolute Gasteiger partial charge is 0.377 e. The lowest BCUT2D eigenvalue weighted by molar-refractivity contribution is 0.102. The molecule has 0 saturated heterocycles. The SMILES string of the molecule is CC(Nc1ccc(C(=O)Nc2ccc(Cl)cc2)nc1)c1ccccc1. The van der Waals surface area contributed by atoms with E-state index < -0.39 is 0 Å². The number of aromatic nitrogens is 1. The summed E-state index contributed by atoms with van der Waals surface area (Å²) in [6, 6.07) is 20.8. The molecule has 0 aliphatic carbocycles. The normalized spacial score (nSPS) is 11.6. The molecule has 0 bridgehead atoms. The highest BCUT2D eigenvalue weighted by molar-refractivity contribution is 6.30. The Balaban J connectivity index is 1.63. The molecule has 2 N–H and O–H groups in total. The molecule has 0 saturated carbocycles. The van der Waals surface area contributed by atoms with E-state index in [1.165, 1.54) is 5.56 Å². The number of nitrogens with one attached hydrogen (secondary N) is 2. The van der Waals surface area contributed by atoms with Crippen LogP contribution in [0.15, 0.2) is 72.9 Å². The molecule has 1 unspecified atom stereocenters. The van der Waals surface area contributed by atoms with Gasteiger partial charge in [0.2, 0.25) is 0 Å². The van der Waals surface area contributed by atoms with Gasteiger partial charge in [-0.05, 0) is 48.9 Å². The van der Waals surface area contributed by atoms with Crippen molar-refractivity contribution >= 4 is 28.9 Å². The first-order chi connectivity index (χ1) is 12.1. The summed E-state index contributed by atoms with van der Waals surface area (Å²) in [4.78, 5) is 16.5. The number of halogens is 1. The van der Waals surface area contributed by atoms with E-state index in [-0.39, 0.29) is 11.9 Å². The molecule has 3 aromatic rings. The lowest BCUT2D eigenvalue weighted by Crippen LogP contribution is -2.14. The Labute approximate surface area is 151 Å². The lowest BCUT2D eigenvalue weighted by Gasteiger charge is -2.15. The van der Waals surface area contributed by atoms with Crippen LogP contribution in [0.1, 0.15) is 29.0 Å². The standard InChI is InChI=1S/C20H18ClN3O/c1-14(15-5-3-2-4-6-15)23-18-11-12-19(22-13-18)20(25)24-17-9-7-16(21)8-10-17/h2-14,23H,1H3,(H,24,25). The number of rotatable bonds is 5. The van der Waals surface area contributed by atoms with Gasteiger partial charge in [-0.1, -0.05) is 41.9 Å². The topological polar surface area (TPSA) is 54.0 Å². The van der Waals surface area contributed by atoms with Crippen molar-refractivity contribution in [3.8, 4) is 0 Å². The van der Waals surface area contributed by atoms with Crippen molar-refractivity contribution in [1.82, 2.24) is 4.98 Å². The minimum Gasteiger partial charge on any atom is -0.377 e. The number of anilines is 2. The van der Waals surface area contributed by atoms with Gasteiger partial charge in [-0.25, -0.2) is 4.98 Å². The monoisotopic (exact) mass is 351 g/mol. The van der Waals surface area contributed by atoms with E-state index >= 15 is 0 Å². The maximum absolute atomic E-state index is 12.2. The van der Waals surface area contributed by atoms with Crippen LogP contribution in [0.3, 0.4) is 0 Å². The number of hydrogen-bond acceptors (Lipinski definition) is 3. The highest BCUT2D eigenvalue weighted by Crippen LogP contribution is 2.19. The smallest absolute Gasteiger partial charge is 0.274 e. The third-order valence-electron chi connectivity index (χ3n) is 3.78. The van der Waals surface area contributed by atoms with Crippen LogP contribution in [0.4, 0.5) is 11.4 Å². The van der Waals surface area contributed by atoms with Crippen molar-refractivity contribution in [1.29, 1.82) is 0 Å². The maximum atomic E-state index is 12.2. The molecule has 0 spiro atoms. The summed E-state index contributed by atoms with van der Waals surface area (Å²) in [5.41, 5.74) is 3.08. The minimum atomic E-state index is -0.259. The quantitative estimate of drug-likeness (QED) is 0.667. The molecule has 3 rings (SSSR count). The summed E-state index contributed by atoms with van der Waals surface area (Å²) >= 11 is 5.84. The molecular formula is C20H18ClN3O. The Bertz CT molecular complexity index is 833. The van der Waals surface area contributed by atoms with Crippen LogP contribution in [-0.2, 0) is 0 Å². The molecule has 1 amide bonds. The second-order valence-electron chi connectivity index (χ2n) is 5.67. The summed E-state index contributed by atoms with van der Waals surface area (Å²) in [6.45, 7) is 2.08. The average molecular weight is 352 g/mol. The summed E-state index contributed by atoms with van der Waals surface area (Å²) in [5, 5.41) is 6.79. The van der Waals surface area contributed by atoms with Gasteiger partial charge in [0.1, 0.15) is 5.69 Å². The van der Waals surface area contributed by atoms with Crippen molar-refractivity contribution in [2.75, 3.05) is 10.6 Å². The van der Waals surface area contributed by atoms with Crippen LogP contribution >= 0.6 is 11.6 Å². The first kappa shape index (κ1) is 17.0. The number of pyridine rings is 1. The van der Waals surface area contributed by atoms with E-state index in [0.717, 1.165) is 5.69 Å². The van der Waals surface area contributed by atoms with E-state index in [1.54, 1.807) is 36.5 Å². The second-order valence-corrected chi connectivity index (χ2v) is 6.11. The fraction of sp³-hybridized carbons (Fsp3) is 0.100. The van der Waals surface area contributed by atoms with Crippen molar-refractivity contribution in [3.63, 3.8) is 0 Å². The van der Waals surface area contributed by atoms with Crippen LogP contribution < -0.4 is 10.6 Å². The molecule has 4 nitrogen and oxygen atoms in total. The Morgan fingerprint density at radius 1 is 0.960 bits per heavy atom. The van der Waals surface area contributed by atoms with Gasteiger partial charge < -0.3 is 10.6 Å². The van der Waals surface area contributed by atoms with Gasteiger partial charge in [-0.15, -0.1) is 0 Å². The van der Waals surface area contributed by atoms with Crippen molar-refractivity contribution < 1.29 is 4.79 Å². The molecule has 1 aromatic heterocycles. The Morgan fingerprint density at radius 2 is 1.64 bits per heavy atom. The van der Waals surface area contributed by atoms with Gasteiger partial charge in [0.15, 0.2) is 0 Å². The molecule has 0 fully saturated rings. The zero-order valence-corrected chi connectivity index (χ0v) is 14.5. The number of carbonyl (C=O) groups excluding carboxylic acids is 1. The molecule has 1 atom stereocenters. The third-order valence-corrected chi connectivity index (χ3v) is 4.03. The molecule has 126 valence electrons. The van der Waals surface area contributed by atoms with Crippen LogP contribution in [0, 0.1) is 0 Å². The average Bonchev–Trinajstić information content (AvgIpc) is 2.65. The minimum absolute atomic E-state index is 0.150. The van der Waals surface area contributed by atoms with Crippen molar-refractivity contribution in [3.05, 3.63) is 89.2 Å². The zero-order chi connectivity index (χ0) is 17.6. The van der Waals surface area contributed by atoms with E-state index in [0.29, 0.717) is 16.4 Å². The molecule has 0 radical (unpaired) electrons. The van der Waals surface area contributed by atoms with Crippen molar-refractivity contribution in [2.24, 2.45) is 0 Å². The van der Waals surface area contributed by atoms with Gasteiger partial charge in [-0.2, -0.15) is 0 Å². The highest BCUT2D eigenvalue weighted by Gasteiger charge is 2.09. The van der Waals surface area contributed by atoms with E-state index in [4.69, 9.17) is 11.6 Å². The van der Waals surface area contributed by atoms with Crippen LogP contribution in [0.5, 0.6) is 0 Å². The maximum Gasteiger partial charge on any atom is 0.274 e. The second kappa shape index (κ2) is 7.81. The van der Waals surface area contributed by atoms with Gasteiger partial charge >= 0.3 is 0 Å². The first-order valence-electron chi connectivity index (χ1n) is 7.96. The molecule has 0 aliphatic heterocycles. The van der Waals surface area contributed by atoms with Gasteiger partial charge in [0.05, 0.1) is 11.9 Å². The van der Waals surface area contributed by atoms with E-state index in [2.05, 4.69) is 34.7 Å². The third kappa shape index (κ3) is 4.58. The van der Waals surface area contributed by atoms with Crippen LogP contribution in [0.2, 0.25) is 5.02 Å². The van der Waals surface area contributed by atoms with Gasteiger partial charge in [0, 0.05) is 16.8 Å². The number of benzene rings is 2. The summed E-state index contributed by atoms with van der Waals surface area (Å²) in [6.07, 6.45) is 1.66. The molecule has 25 heavy (non-hydrogen) atoms. The Morgan fingerprint density at radius 3 is 2.28 bits per heavy atom. The predicted octanol–water partition coefficient (Wildman–Crippen LogP) is 5.16. The van der Waals surface area contributed by atoms with Crippen molar-refractivity contribution in [2.45, 2.75) is 13.0 Å². The summed E-state index contributed by atoms with van der Waals surface area (Å²) < 4.78 is 0. The molecular weight excluding hydrogens is 334 g/mol. The first-order valence-corrected chi connectivity index (χ1v) is 8.34. The van der Waals surface area contributed by atoms with E-state index in [1.807, 2.05) is 24.3 Å². The van der Waals surface area contributed by atoms with Gasteiger partial charge in [-0.3, -0.25) is 4.79 Å². The number of carbonyl (C=O) groups is 1. The van der Waals surface area contributed by atoms with Crippen LogP contribution in [0.25, 0.3) is 0 Å². The number of amides is 1. The zero-order valence-electron chi connectivity index (χ0n) is 13.7. The fourth-order valence-electron chi connectivity index (χ4n) is 2.42. The van der Waals surface area contributed by atoms with Gasteiger partial charge in [0.25, 0.3) is 5.91 Å². The Hall–Kier alpha value is -2.85. The highest BCUT2D eigenvalue weighted by atomic mass is 35.5. The summed E-state index contributed by atoms with van der Waals surface area (Å²) in [5.74, 6) is -0.259. The fourth-order valence-corrected chi connectivity index (χ4v) is 2.54. The molecule has 5 heteroatoms. The van der Waals surface area contributed by atoms with Crippen LogP contribution in [-0.4, -0.2) is 10.9 Å². The Kier molecular flexibility index (Phi) is 5.31.